The molecule has 8 nitrogen and oxygen atoms in total. The highest BCUT2D eigenvalue weighted by molar-refractivity contribution is 7.18. The molecule has 5 heterocycles. The lowest BCUT2D eigenvalue weighted by atomic mass is 9.98. The molecule has 1 fully saturated rings. The molecule has 4 aromatic rings. The smallest absolute Gasteiger partial charge is 0.349 e. The maximum atomic E-state index is 13.2. The third-order valence-electron chi connectivity index (χ3n) is 7.21. The monoisotopic (exact) mass is 501 g/mol. The van der Waals surface area contributed by atoms with E-state index in [4.69, 9.17) is 4.98 Å². The van der Waals surface area contributed by atoms with Gasteiger partial charge in [-0.2, -0.15) is 10.1 Å². The van der Waals surface area contributed by atoms with E-state index in [-0.39, 0.29) is 28.7 Å². The molecule has 4 aromatic heterocycles. The average molecular weight is 502 g/mol. The second kappa shape index (κ2) is 9.27. The van der Waals surface area contributed by atoms with Crippen LogP contribution >= 0.6 is 11.3 Å². The van der Waals surface area contributed by atoms with E-state index in [9.17, 15) is 13.6 Å². The summed E-state index contributed by atoms with van der Waals surface area (Å²) < 4.78 is 27.8. The van der Waals surface area contributed by atoms with Crippen molar-refractivity contribution in [3.05, 3.63) is 45.5 Å². The first kappa shape index (κ1) is 23.8. The number of aromatic amines is 1. The summed E-state index contributed by atoms with van der Waals surface area (Å²) in [5.74, 6) is 0.649. The zero-order valence-electron chi connectivity index (χ0n) is 20.2. The van der Waals surface area contributed by atoms with Gasteiger partial charge in [0.05, 0.1) is 22.3 Å². The molecule has 0 aliphatic carbocycles. The molecule has 1 aliphatic heterocycles. The first-order valence-corrected chi connectivity index (χ1v) is 12.7. The number of piperazine rings is 1. The third kappa shape index (κ3) is 4.10. The molecule has 3 atom stereocenters. The molecule has 0 amide bonds. The fourth-order valence-corrected chi connectivity index (χ4v) is 6.01. The van der Waals surface area contributed by atoms with E-state index in [2.05, 4.69) is 45.8 Å². The number of aryl methyl sites for hydroxylation is 1. The summed E-state index contributed by atoms with van der Waals surface area (Å²) in [6.07, 6.45) is 0.958. The summed E-state index contributed by atoms with van der Waals surface area (Å²) in [6, 6.07) is 5.73. The maximum absolute atomic E-state index is 13.2. The second-order valence-electron chi connectivity index (χ2n) is 9.14. The Morgan fingerprint density at radius 3 is 2.66 bits per heavy atom. The number of hydrogen-bond acceptors (Lipinski definition) is 7. The molecule has 1 N–H and O–H groups in total. The van der Waals surface area contributed by atoms with Crippen LogP contribution < -0.4 is 10.6 Å². The molecule has 0 bridgehead atoms. The van der Waals surface area contributed by atoms with E-state index in [0.29, 0.717) is 17.2 Å². The molecule has 1 aliphatic rings. The van der Waals surface area contributed by atoms with Gasteiger partial charge in [-0.3, -0.25) is 14.6 Å². The minimum absolute atomic E-state index is 0.0152. The highest BCUT2D eigenvalue weighted by Crippen LogP contribution is 2.35. The second-order valence-corrected chi connectivity index (χ2v) is 10.2. The van der Waals surface area contributed by atoms with Crippen LogP contribution in [-0.4, -0.2) is 54.8 Å². The summed E-state index contributed by atoms with van der Waals surface area (Å²) in [6.45, 7) is 7.91. The molecule has 35 heavy (non-hydrogen) atoms. The Morgan fingerprint density at radius 2 is 1.94 bits per heavy atom. The van der Waals surface area contributed by atoms with Crippen molar-refractivity contribution in [2.45, 2.75) is 58.2 Å². The van der Waals surface area contributed by atoms with E-state index >= 15 is 0 Å². The Balaban J connectivity index is 1.47. The number of pyridine rings is 1. The van der Waals surface area contributed by atoms with Crippen LogP contribution in [0.15, 0.2) is 29.2 Å². The van der Waals surface area contributed by atoms with E-state index in [1.165, 1.54) is 10.6 Å². The van der Waals surface area contributed by atoms with Crippen LogP contribution in [0.1, 0.15) is 56.7 Å². The van der Waals surface area contributed by atoms with Gasteiger partial charge in [-0.05, 0) is 31.9 Å². The molecule has 0 spiro atoms. The van der Waals surface area contributed by atoms with E-state index in [1.807, 2.05) is 12.1 Å². The van der Waals surface area contributed by atoms with E-state index in [1.54, 1.807) is 13.2 Å². The minimum atomic E-state index is -2.48. The summed E-state index contributed by atoms with van der Waals surface area (Å²) in [5.41, 5.74) is 2.07. The number of rotatable bonds is 6. The summed E-state index contributed by atoms with van der Waals surface area (Å²) >= 11 is 1.06. The van der Waals surface area contributed by atoms with Crippen LogP contribution in [0.4, 0.5) is 14.6 Å². The van der Waals surface area contributed by atoms with Gasteiger partial charge in [-0.25, -0.2) is 18.6 Å². The fourth-order valence-electron chi connectivity index (χ4n) is 5.11. The predicted octanol–water partition coefficient (Wildman–Crippen LogP) is 4.64. The van der Waals surface area contributed by atoms with Crippen LogP contribution in [0.25, 0.3) is 21.3 Å². The Hall–Kier alpha value is -2.92. The highest BCUT2D eigenvalue weighted by Gasteiger charge is 2.37. The van der Waals surface area contributed by atoms with Crippen molar-refractivity contribution in [2.24, 2.45) is 7.05 Å². The van der Waals surface area contributed by atoms with Crippen molar-refractivity contribution >= 4 is 38.4 Å². The molecule has 186 valence electrons. The van der Waals surface area contributed by atoms with Gasteiger partial charge in [0, 0.05) is 43.6 Å². The lowest BCUT2D eigenvalue weighted by Crippen LogP contribution is -2.59. The van der Waals surface area contributed by atoms with Crippen LogP contribution in [-0.2, 0) is 7.05 Å². The number of nitrogens with one attached hydrogen (secondary N) is 1. The number of fused-ring (bicyclic) bond motifs is 2. The van der Waals surface area contributed by atoms with Crippen LogP contribution in [0, 0.1) is 0 Å². The number of H-pyrrole nitrogens is 1. The normalized spacial score (nSPS) is 20.4. The first-order valence-electron chi connectivity index (χ1n) is 11.9. The minimum Gasteiger partial charge on any atom is -0.349 e. The number of aromatic nitrogens is 5. The van der Waals surface area contributed by atoms with Crippen LogP contribution in [0.3, 0.4) is 0 Å². The average Bonchev–Trinajstić information content (AvgIpc) is 3.52. The van der Waals surface area contributed by atoms with Crippen molar-refractivity contribution in [2.75, 3.05) is 18.0 Å². The number of alkyl halides is 2. The molecular weight excluding hydrogens is 472 g/mol. The Morgan fingerprint density at radius 1 is 1.17 bits per heavy atom. The Labute approximate surface area is 205 Å². The molecule has 0 saturated carbocycles. The van der Waals surface area contributed by atoms with Crippen molar-refractivity contribution in [3.63, 3.8) is 0 Å². The van der Waals surface area contributed by atoms with Gasteiger partial charge in [-0.15, -0.1) is 11.3 Å². The fraction of sp³-hybridized carbons (Fsp3) is 0.500. The molecule has 11 heteroatoms. The largest absolute Gasteiger partial charge is 0.349 e. The summed E-state index contributed by atoms with van der Waals surface area (Å²) in [7, 11) is 1.70. The van der Waals surface area contributed by atoms with E-state index < -0.39 is 6.43 Å². The standard InChI is InChI=1S/C24H29F2N7OS/c1-5-15-12-33(22-20-18(10-27-30-20)31(4)24(34)29-22)16(6-2)11-32(15)13(3)17-8-7-14-9-19(21(25)26)35-23(14)28-17/h7-10,13,15-16,21H,5-6,11-12H2,1-4H3,(H,27,30)/t13?,15-,16+/m1/s1. The van der Waals surface area contributed by atoms with Gasteiger partial charge in [0.2, 0.25) is 0 Å². The van der Waals surface area contributed by atoms with Gasteiger partial charge < -0.3 is 4.90 Å². The molecule has 5 rings (SSSR count). The lowest BCUT2D eigenvalue weighted by Gasteiger charge is -2.48. The van der Waals surface area contributed by atoms with Crippen LogP contribution in [0.5, 0.6) is 0 Å². The molecule has 0 radical (unpaired) electrons. The van der Waals surface area contributed by atoms with Gasteiger partial charge >= 0.3 is 5.69 Å². The maximum Gasteiger partial charge on any atom is 0.349 e. The zero-order chi connectivity index (χ0) is 24.9. The molecule has 1 saturated heterocycles. The van der Waals surface area contributed by atoms with Crippen LogP contribution in [0.2, 0.25) is 0 Å². The van der Waals surface area contributed by atoms with Crippen molar-refractivity contribution in [1.82, 2.24) is 29.6 Å². The highest BCUT2D eigenvalue weighted by atomic mass is 32.1. The molecular formula is C24H29F2N7OS. The number of nitrogens with zero attached hydrogens (tertiary/aromatic N) is 6. The summed E-state index contributed by atoms with van der Waals surface area (Å²) in [5, 5.41) is 7.94. The van der Waals surface area contributed by atoms with Crippen molar-refractivity contribution < 1.29 is 8.78 Å². The van der Waals surface area contributed by atoms with Gasteiger partial charge in [0.15, 0.2) is 5.82 Å². The predicted molar refractivity (Wildman–Crippen MR) is 134 cm³/mol. The Bertz CT molecular complexity index is 1410. The SMILES string of the molecule is CC[C@H]1CN(C(C)c2ccc3cc(C(F)F)sc3n2)[C@H](CC)CN1c1nc(=O)n(C)c2cn[nH]c12. The number of anilines is 1. The molecule has 1 unspecified atom stereocenters. The summed E-state index contributed by atoms with van der Waals surface area (Å²) in [4.78, 5) is 27.1. The van der Waals surface area contributed by atoms with Crippen molar-refractivity contribution in [3.8, 4) is 0 Å². The van der Waals surface area contributed by atoms with Gasteiger partial charge in [0.25, 0.3) is 6.43 Å². The topological polar surface area (TPSA) is 82.9 Å². The third-order valence-corrected chi connectivity index (χ3v) is 8.26. The zero-order valence-corrected chi connectivity index (χ0v) is 21.0. The quantitative estimate of drug-likeness (QED) is 0.414. The Kier molecular flexibility index (Phi) is 6.30. The van der Waals surface area contributed by atoms with Crippen molar-refractivity contribution in [1.29, 1.82) is 0 Å². The van der Waals surface area contributed by atoms with Gasteiger partial charge in [0.1, 0.15) is 10.3 Å². The first-order chi connectivity index (χ1) is 16.8. The lowest BCUT2D eigenvalue weighted by molar-refractivity contribution is 0.0989. The molecule has 0 aromatic carbocycles. The number of thiophene rings is 1. The van der Waals surface area contributed by atoms with E-state index in [0.717, 1.165) is 52.8 Å². The number of hydrogen-bond donors (Lipinski definition) is 1. The van der Waals surface area contributed by atoms with Gasteiger partial charge in [-0.1, -0.05) is 19.9 Å². The number of halogens is 2.